The summed E-state index contributed by atoms with van der Waals surface area (Å²) in [4.78, 5) is 8.92. The highest BCUT2D eigenvalue weighted by Crippen LogP contribution is 2.24. The highest BCUT2D eigenvalue weighted by atomic mass is 16.5. The lowest BCUT2D eigenvalue weighted by molar-refractivity contribution is 0.0626. The lowest BCUT2D eigenvalue weighted by atomic mass is 9.90. The van der Waals surface area contributed by atoms with Gasteiger partial charge in [-0.2, -0.15) is 0 Å². The number of hydrogen-bond donors (Lipinski definition) is 2. The average molecular weight is 258 g/mol. The molecule has 0 bridgehead atoms. The van der Waals surface area contributed by atoms with Crippen LogP contribution < -0.4 is 11.1 Å². The number of nitrogens with zero attached hydrogens (tertiary/aromatic N) is 2. The first-order valence-corrected chi connectivity index (χ1v) is 6.59. The summed E-state index contributed by atoms with van der Waals surface area (Å²) in [6.45, 7) is 2.03. The Morgan fingerprint density at radius 1 is 1.26 bits per heavy atom. The van der Waals surface area contributed by atoms with E-state index in [-0.39, 0.29) is 5.54 Å². The molecule has 5 heteroatoms. The fourth-order valence-corrected chi connectivity index (χ4v) is 2.41. The lowest BCUT2D eigenvalue weighted by Gasteiger charge is -2.36. The zero-order valence-corrected chi connectivity index (χ0v) is 10.8. The Hall–Kier alpha value is -1.72. The number of ether oxygens (including phenoxy) is 1. The molecule has 1 aromatic heterocycles. The third-order valence-corrected chi connectivity index (χ3v) is 3.71. The zero-order valence-electron chi connectivity index (χ0n) is 10.8. The Morgan fingerprint density at radius 2 is 2.05 bits per heavy atom. The number of anilines is 1. The summed E-state index contributed by atoms with van der Waals surface area (Å²) < 4.78 is 5.40. The van der Waals surface area contributed by atoms with E-state index >= 15 is 0 Å². The first kappa shape index (κ1) is 12.3. The summed E-state index contributed by atoms with van der Waals surface area (Å²) in [5.74, 6) is 0.644. The van der Waals surface area contributed by atoms with Crippen LogP contribution in [-0.2, 0) is 4.74 Å². The molecule has 1 aliphatic rings. The Kier molecular flexibility index (Phi) is 3.31. The van der Waals surface area contributed by atoms with Crippen LogP contribution in [0.1, 0.15) is 12.8 Å². The monoisotopic (exact) mass is 258 g/mol. The fourth-order valence-electron chi connectivity index (χ4n) is 2.41. The minimum absolute atomic E-state index is 0.138. The van der Waals surface area contributed by atoms with Crippen molar-refractivity contribution in [1.82, 2.24) is 9.97 Å². The summed E-state index contributed by atoms with van der Waals surface area (Å²) >= 11 is 0. The second-order valence-electron chi connectivity index (χ2n) is 4.97. The van der Waals surface area contributed by atoms with Crippen LogP contribution in [0.4, 0.5) is 5.95 Å². The molecule has 1 aromatic carbocycles. The van der Waals surface area contributed by atoms with E-state index in [1.54, 1.807) is 0 Å². The molecule has 5 nitrogen and oxygen atoms in total. The molecular formula is C14H18N4O. The van der Waals surface area contributed by atoms with Crippen LogP contribution in [0.2, 0.25) is 0 Å². The first-order chi connectivity index (χ1) is 9.31. The number of para-hydroxylation sites is 1. The van der Waals surface area contributed by atoms with Crippen LogP contribution in [0.3, 0.4) is 0 Å². The quantitative estimate of drug-likeness (QED) is 0.874. The van der Waals surface area contributed by atoms with Gasteiger partial charge in [-0.25, -0.2) is 9.97 Å². The van der Waals surface area contributed by atoms with Gasteiger partial charge in [0.2, 0.25) is 5.95 Å². The van der Waals surface area contributed by atoms with E-state index in [2.05, 4.69) is 15.3 Å². The summed E-state index contributed by atoms with van der Waals surface area (Å²) in [6.07, 6.45) is 3.62. The molecule has 0 radical (unpaired) electrons. The van der Waals surface area contributed by atoms with Crippen molar-refractivity contribution < 1.29 is 4.74 Å². The molecule has 0 unspecified atom stereocenters. The van der Waals surface area contributed by atoms with E-state index in [1.165, 1.54) is 0 Å². The molecule has 1 fully saturated rings. The Labute approximate surface area is 112 Å². The molecule has 1 saturated heterocycles. The third kappa shape index (κ3) is 2.52. The molecule has 0 aliphatic carbocycles. The van der Waals surface area contributed by atoms with Gasteiger partial charge in [0.15, 0.2) is 0 Å². The van der Waals surface area contributed by atoms with Gasteiger partial charge in [-0.3, -0.25) is 0 Å². The Bertz CT molecular complexity index is 566. The Balaban J connectivity index is 1.87. The number of benzene rings is 1. The van der Waals surface area contributed by atoms with Gasteiger partial charge >= 0.3 is 0 Å². The van der Waals surface area contributed by atoms with Crippen LogP contribution in [0, 0.1) is 0 Å². The molecule has 0 spiro atoms. The van der Waals surface area contributed by atoms with Crippen molar-refractivity contribution >= 4 is 16.9 Å². The molecule has 2 aromatic rings. The van der Waals surface area contributed by atoms with Crippen molar-refractivity contribution in [3.63, 3.8) is 0 Å². The van der Waals surface area contributed by atoms with Crippen LogP contribution in [0.5, 0.6) is 0 Å². The van der Waals surface area contributed by atoms with Gasteiger partial charge in [0.1, 0.15) is 0 Å². The van der Waals surface area contributed by atoms with Crippen LogP contribution >= 0.6 is 0 Å². The minimum atomic E-state index is -0.138. The number of nitrogens with two attached hydrogens (primary N) is 1. The third-order valence-electron chi connectivity index (χ3n) is 3.71. The summed E-state index contributed by atoms with van der Waals surface area (Å²) in [6, 6.07) is 7.96. The second-order valence-corrected chi connectivity index (χ2v) is 4.97. The molecule has 0 saturated carbocycles. The van der Waals surface area contributed by atoms with Gasteiger partial charge in [0.25, 0.3) is 0 Å². The highest BCUT2D eigenvalue weighted by molar-refractivity contribution is 5.78. The minimum Gasteiger partial charge on any atom is -0.381 e. The van der Waals surface area contributed by atoms with Gasteiger partial charge in [0, 0.05) is 31.3 Å². The number of nitrogens with one attached hydrogen (secondary N) is 1. The van der Waals surface area contributed by atoms with Crippen molar-refractivity contribution in [3.05, 3.63) is 30.5 Å². The Morgan fingerprint density at radius 3 is 2.84 bits per heavy atom. The number of aromatic nitrogens is 2. The van der Waals surface area contributed by atoms with Gasteiger partial charge in [-0.05, 0) is 18.9 Å². The van der Waals surface area contributed by atoms with E-state index in [0.717, 1.165) is 37.0 Å². The zero-order chi connectivity index (χ0) is 13.1. The van der Waals surface area contributed by atoms with E-state index in [4.69, 9.17) is 10.5 Å². The predicted molar refractivity (Wildman–Crippen MR) is 75.0 cm³/mol. The van der Waals surface area contributed by atoms with Crippen molar-refractivity contribution in [2.45, 2.75) is 18.4 Å². The van der Waals surface area contributed by atoms with E-state index < -0.39 is 0 Å². The molecule has 0 atom stereocenters. The first-order valence-electron chi connectivity index (χ1n) is 6.59. The van der Waals surface area contributed by atoms with E-state index in [9.17, 15) is 0 Å². The maximum absolute atomic E-state index is 5.93. The maximum Gasteiger partial charge on any atom is 0.223 e. The average Bonchev–Trinajstić information content (AvgIpc) is 2.48. The smallest absolute Gasteiger partial charge is 0.223 e. The van der Waals surface area contributed by atoms with Crippen molar-refractivity contribution in [2.24, 2.45) is 5.73 Å². The van der Waals surface area contributed by atoms with Gasteiger partial charge < -0.3 is 15.8 Å². The molecule has 3 N–H and O–H groups in total. The van der Waals surface area contributed by atoms with Crippen molar-refractivity contribution in [2.75, 3.05) is 25.1 Å². The van der Waals surface area contributed by atoms with Crippen molar-refractivity contribution in [1.29, 1.82) is 0 Å². The molecule has 19 heavy (non-hydrogen) atoms. The number of rotatable bonds is 3. The lowest BCUT2D eigenvalue weighted by Crippen LogP contribution is -2.50. The van der Waals surface area contributed by atoms with Crippen LogP contribution in [0.15, 0.2) is 30.5 Å². The van der Waals surface area contributed by atoms with Gasteiger partial charge in [0.05, 0.1) is 11.1 Å². The largest absolute Gasteiger partial charge is 0.381 e. The van der Waals surface area contributed by atoms with E-state index in [1.807, 2.05) is 30.5 Å². The predicted octanol–water partition coefficient (Wildman–Crippen LogP) is 1.55. The summed E-state index contributed by atoms with van der Waals surface area (Å²) in [5, 5.41) is 4.45. The molecule has 100 valence electrons. The topological polar surface area (TPSA) is 73.1 Å². The molecule has 2 heterocycles. The second kappa shape index (κ2) is 5.11. The van der Waals surface area contributed by atoms with Gasteiger partial charge in [-0.15, -0.1) is 0 Å². The molecule has 3 rings (SSSR count). The number of fused-ring (bicyclic) bond motifs is 1. The van der Waals surface area contributed by atoms with E-state index in [0.29, 0.717) is 12.5 Å². The van der Waals surface area contributed by atoms with Crippen molar-refractivity contribution in [3.8, 4) is 0 Å². The summed E-state index contributed by atoms with van der Waals surface area (Å²) in [7, 11) is 0. The van der Waals surface area contributed by atoms with Crippen LogP contribution in [-0.4, -0.2) is 35.3 Å². The standard InChI is InChI=1S/C14H18N4O/c15-10-14(5-7-19-8-6-14)18-13-16-9-11-3-1-2-4-12(11)17-13/h1-4,9H,5-8,10,15H2,(H,16,17,18). The highest BCUT2D eigenvalue weighted by Gasteiger charge is 2.31. The fraction of sp³-hybridized carbons (Fsp3) is 0.429. The molecular weight excluding hydrogens is 240 g/mol. The van der Waals surface area contributed by atoms with Gasteiger partial charge in [-0.1, -0.05) is 18.2 Å². The summed E-state index contributed by atoms with van der Waals surface area (Å²) in [5.41, 5.74) is 6.73. The molecule has 1 aliphatic heterocycles. The molecule has 0 amide bonds. The van der Waals surface area contributed by atoms with Crippen LogP contribution in [0.25, 0.3) is 10.9 Å². The normalized spacial score (nSPS) is 18.4. The SMILES string of the molecule is NCC1(Nc2ncc3ccccc3n2)CCOCC1. The number of hydrogen-bond acceptors (Lipinski definition) is 5. The maximum atomic E-state index is 5.93.